The van der Waals surface area contributed by atoms with Crippen LogP contribution in [0.4, 0.5) is 8.78 Å². The zero-order valence-electron chi connectivity index (χ0n) is 12.2. The largest absolute Gasteiger partial charge is 0.490 e. The van der Waals surface area contributed by atoms with Crippen molar-refractivity contribution >= 4 is 0 Å². The van der Waals surface area contributed by atoms with Gasteiger partial charge in [-0.2, -0.15) is 5.26 Å². The number of hydrogen-bond donors (Lipinski definition) is 1. The number of nitrogens with one attached hydrogen (secondary N) is 1. The fourth-order valence-corrected chi connectivity index (χ4v) is 3.10. The SMILES string of the molecule is CCNC1(C#N)CCCC1CCOc1cc(F)ccc1F. The Labute approximate surface area is 123 Å². The van der Waals surface area contributed by atoms with Crippen molar-refractivity contribution in [3.8, 4) is 11.8 Å². The average Bonchev–Trinajstić information content (AvgIpc) is 2.86. The molecule has 21 heavy (non-hydrogen) atoms. The summed E-state index contributed by atoms with van der Waals surface area (Å²) in [6.45, 7) is 3.00. The van der Waals surface area contributed by atoms with Crippen LogP contribution < -0.4 is 10.1 Å². The molecule has 2 rings (SSSR count). The Morgan fingerprint density at radius 3 is 3.00 bits per heavy atom. The number of nitrogens with zero attached hydrogens (tertiary/aromatic N) is 1. The van der Waals surface area contributed by atoms with Crippen LogP contribution in [0, 0.1) is 28.9 Å². The fourth-order valence-electron chi connectivity index (χ4n) is 3.10. The topological polar surface area (TPSA) is 45.0 Å². The molecule has 5 heteroatoms. The lowest BCUT2D eigenvalue weighted by Crippen LogP contribution is -2.47. The summed E-state index contributed by atoms with van der Waals surface area (Å²) in [6, 6.07) is 5.56. The summed E-state index contributed by atoms with van der Waals surface area (Å²) in [7, 11) is 0. The van der Waals surface area contributed by atoms with Gasteiger partial charge in [0.2, 0.25) is 0 Å². The number of rotatable bonds is 6. The zero-order chi connectivity index (χ0) is 15.3. The maximum atomic E-state index is 13.5. The molecule has 2 atom stereocenters. The van der Waals surface area contributed by atoms with Gasteiger partial charge in [0.05, 0.1) is 12.7 Å². The van der Waals surface area contributed by atoms with Crippen LogP contribution in [0.15, 0.2) is 18.2 Å². The van der Waals surface area contributed by atoms with Crippen LogP contribution in [0.3, 0.4) is 0 Å². The molecule has 0 heterocycles. The van der Waals surface area contributed by atoms with E-state index < -0.39 is 17.2 Å². The normalized spacial score (nSPS) is 24.8. The van der Waals surface area contributed by atoms with Gasteiger partial charge in [0.15, 0.2) is 11.6 Å². The average molecular weight is 294 g/mol. The number of nitriles is 1. The van der Waals surface area contributed by atoms with Crippen LogP contribution in [0.25, 0.3) is 0 Å². The maximum absolute atomic E-state index is 13.5. The van der Waals surface area contributed by atoms with E-state index in [-0.39, 0.29) is 18.3 Å². The number of halogens is 2. The molecular weight excluding hydrogens is 274 g/mol. The van der Waals surface area contributed by atoms with E-state index in [1.165, 1.54) is 0 Å². The van der Waals surface area contributed by atoms with Crippen molar-refractivity contribution in [2.45, 2.75) is 38.1 Å². The first kappa shape index (κ1) is 15.7. The molecular formula is C16H20F2N2O. The molecule has 0 saturated heterocycles. The van der Waals surface area contributed by atoms with Crippen LogP contribution in [-0.2, 0) is 0 Å². The van der Waals surface area contributed by atoms with Gasteiger partial charge >= 0.3 is 0 Å². The molecule has 1 aromatic carbocycles. The Bertz CT molecular complexity index is 529. The van der Waals surface area contributed by atoms with Crippen LogP contribution in [0.1, 0.15) is 32.6 Å². The molecule has 1 aromatic rings. The maximum Gasteiger partial charge on any atom is 0.165 e. The Morgan fingerprint density at radius 1 is 1.48 bits per heavy atom. The van der Waals surface area contributed by atoms with E-state index in [0.29, 0.717) is 6.42 Å². The summed E-state index contributed by atoms with van der Waals surface area (Å²) >= 11 is 0. The minimum absolute atomic E-state index is 0.0704. The summed E-state index contributed by atoms with van der Waals surface area (Å²) in [5, 5.41) is 12.7. The summed E-state index contributed by atoms with van der Waals surface area (Å²) in [4.78, 5) is 0. The number of ether oxygens (including phenoxy) is 1. The van der Waals surface area contributed by atoms with Gasteiger partial charge in [0.25, 0.3) is 0 Å². The fraction of sp³-hybridized carbons (Fsp3) is 0.562. The first-order valence-electron chi connectivity index (χ1n) is 7.35. The molecule has 0 aliphatic heterocycles. The molecule has 1 saturated carbocycles. The van der Waals surface area contributed by atoms with Crippen molar-refractivity contribution in [3.05, 3.63) is 29.8 Å². The van der Waals surface area contributed by atoms with Crippen LogP contribution in [-0.4, -0.2) is 18.7 Å². The molecule has 0 amide bonds. The van der Waals surface area contributed by atoms with Gasteiger partial charge in [-0.05, 0) is 43.9 Å². The minimum atomic E-state index is -0.568. The van der Waals surface area contributed by atoms with E-state index in [1.54, 1.807) is 0 Å². The Morgan fingerprint density at radius 2 is 2.29 bits per heavy atom. The van der Waals surface area contributed by atoms with Gasteiger partial charge < -0.3 is 4.74 Å². The summed E-state index contributed by atoms with van der Waals surface area (Å²) < 4.78 is 31.8. The van der Waals surface area contributed by atoms with Crippen molar-refractivity contribution in [2.24, 2.45) is 5.92 Å². The van der Waals surface area contributed by atoms with Crippen molar-refractivity contribution in [1.82, 2.24) is 5.32 Å². The Balaban J connectivity index is 1.93. The van der Waals surface area contributed by atoms with Crippen LogP contribution in [0.2, 0.25) is 0 Å². The van der Waals surface area contributed by atoms with E-state index in [1.807, 2.05) is 6.92 Å². The molecule has 0 radical (unpaired) electrons. The molecule has 0 spiro atoms. The van der Waals surface area contributed by atoms with Crippen molar-refractivity contribution < 1.29 is 13.5 Å². The number of hydrogen-bond acceptors (Lipinski definition) is 3. The van der Waals surface area contributed by atoms with E-state index in [0.717, 1.165) is 44.0 Å². The monoisotopic (exact) mass is 294 g/mol. The van der Waals surface area contributed by atoms with E-state index in [2.05, 4.69) is 11.4 Å². The lowest BCUT2D eigenvalue weighted by molar-refractivity contribution is 0.228. The number of benzene rings is 1. The highest BCUT2D eigenvalue weighted by Gasteiger charge is 2.42. The minimum Gasteiger partial charge on any atom is -0.490 e. The third-order valence-electron chi connectivity index (χ3n) is 4.13. The van der Waals surface area contributed by atoms with Gasteiger partial charge in [-0.1, -0.05) is 13.3 Å². The predicted octanol–water partition coefficient (Wildman–Crippen LogP) is 3.41. The molecule has 1 N–H and O–H groups in total. The van der Waals surface area contributed by atoms with Crippen molar-refractivity contribution in [3.63, 3.8) is 0 Å². The molecule has 114 valence electrons. The van der Waals surface area contributed by atoms with Gasteiger partial charge in [0, 0.05) is 6.07 Å². The molecule has 0 aromatic heterocycles. The summed E-state index contributed by atoms with van der Waals surface area (Å²) in [5.41, 5.74) is -0.501. The standard InChI is InChI=1S/C16H20F2N2O/c1-2-20-16(11-19)8-3-4-12(16)7-9-21-15-10-13(17)5-6-14(15)18/h5-6,10,12,20H,2-4,7-9H2,1H3. The molecule has 1 aliphatic rings. The second-order valence-electron chi connectivity index (χ2n) is 5.41. The third-order valence-corrected chi connectivity index (χ3v) is 4.13. The molecule has 1 aliphatic carbocycles. The summed E-state index contributed by atoms with van der Waals surface area (Å²) in [6.07, 6.45) is 3.43. The highest BCUT2D eigenvalue weighted by Crippen LogP contribution is 2.37. The lowest BCUT2D eigenvalue weighted by Gasteiger charge is -2.29. The van der Waals surface area contributed by atoms with E-state index >= 15 is 0 Å². The zero-order valence-corrected chi connectivity index (χ0v) is 12.2. The molecule has 2 unspecified atom stereocenters. The highest BCUT2D eigenvalue weighted by molar-refractivity contribution is 5.24. The van der Waals surface area contributed by atoms with Gasteiger partial charge in [-0.3, -0.25) is 5.32 Å². The quantitative estimate of drug-likeness (QED) is 0.874. The molecule has 0 bridgehead atoms. The Kier molecular flexibility index (Phi) is 5.13. The van der Waals surface area contributed by atoms with Crippen molar-refractivity contribution in [2.75, 3.05) is 13.2 Å². The van der Waals surface area contributed by atoms with Crippen molar-refractivity contribution in [1.29, 1.82) is 5.26 Å². The first-order chi connectivity index (χ1) is 10.1. The van der Waals surface area contributed by atoms with E-state index in [9.17, 15) is 14.0 Å². The van der Waals surface area contributed by atoms with Gasteiger partial charge in [0.1, 0.15) is 11.4 Å². The molecule has 1 fully saturated rings. The lowest BCUT2D eigenvalue weighted by atomic mass is 9.86. The van der Waals surface area contributed by atoms with Gasteiger partial charge in [-0.15, -0.1) is 0 Å². The van der Waals surface area contributed by atoms with E-state index in [4.69, 9.17) is 4.74 Å². The van der Waals surface area contributed by atoms with Crippen LogP contribution in [0.5, 0.6) is 5.75 Å². The second kappa shape index (κ2) is 6.86. The highest BCUT2D eigenvalue weighted by atomic mass is 19.1. The Hall–Kier alpha value is -1.67. The summed E-state index contributed by atoms with van der Waals surface area (Å²) in [5.74, 6) is -0.981. The smallest absolute Gasteiger partial charge is 0.165 e. The molecule has 3 nitrogen and oxygen atoms in total. The first-order valence-corrected chi connectivity index (χ1v) is 7.35. The van der Waals surface area contributed by atoms with Crippen LogP contribution >= 0.6 is 0 Å². The second-order valence-corrected chi connectivity index (χ2v) is 5.41. The predicted molar refractivity (Wildman–Crippen MR) is 75.8 cm³/mol. The third kappa shape index (κ3) is 3.51. The van der Waals surface area contributed by atoms with Gasteiger partial charge in [-0.25, -0.2) is 8.78 Å².